The van der Waals surface area contributed by atoms with Crippen molar-refractivity contribution in [3.05, 3.63) is 47.2 Å². The number of carbonyl (C=O) groups is 3. The quantitative estimate of drug-likeness (QED) is 0.442. The van der Waals surface area contributed by atoms with Gasteiger partial charge in [0.05, 0.1) is 26.9 Å². The third-order valence-corrected chi connectivity index (χ3v) is 5.63. The average molecular weight is 504 g/mol. The molecule has 11 heteroatoms. The Kier molecular flexibility index (Phi) is 8.48. The largest absolute Gasteiger partial charge is 0.493 e. The lowest BCUT2D eigenvalue weighted by Crippen LogP contribution is -2.44. The molecule has 0 aliphatic carbocycles. The summed E-state index contributed by atoms with van der Waals surface area (Å²) in [5.74, 6) is 0.150. The van der Waals surface area contributed by atoms with E-state index in [4.69, 9.17) is 28.8 Å². The smallest absolute Gasteiger partial charge is 0.327 e. The standard InChI is InChI=1S/C24H25NO9S/c1-30-19-8-13(9-20(31-2)23(19)32-3)7-18-22(27)15-6-5-14(10-17(15)34-18)33-11-21(26)25-16(12-35-4)24(28)29/h5-10,16H,11-12H2,1-4H3,(H,25,26)(H,28,29). The molecule has 35 heavy (non-hydrogen) atoms. The molecule has 1 aliphatic heterocycles. The Balaban J connectivity index is 1.73. The number of carboxylic acid groups (broad SMARTS) is 1. The van der Waals surface area contributed by atoms with Gasteiger partial charge in [0.15, 0.2) is 23.9 Å². The highest BCUT2D eigenvalue weighted by Crippen LogP contribution is 2.40. The number of hydrogen-bond acceptors (Lipinski definition) is 9. The zero-order valence-corrected chi connectivity index (χ0v) is 20.4. The van der Waals surface area contributed by atoms with Gasteiger partial charge in [-0.05, 0) is 42.2 Å². The Labute approximate surface area is 206 Å². The van der Waals surface area contributed by atoms with E-state index in [1.54, 1.807) is 24.5 Å². The van der Waals surface area contributed by atoms with Crippen molar-refractivity contribution >= 4 is 35.5 Å². The van der Waals surface area contributed by atoms with E-state index >= 15 is 0 Å². The van der Waals surface area contributed by atoms with Gasteiger partial charge in [0.25, 0.3) is 5.91 Å². The van der Waals surface area contributed by atoms with E-state index in [9.17, 15) is 14.4 Å². The molecule has 186 valence electrons. The number of methoxy groups -OCH3 is 3. The van der Waals surface area contributed by atoms with E-state index in [-0.39, 0.29) is 35.4 Å². The van der Waals surface area contributed by atoms with Gasteiger partial charge >= 0.3 is 5.97 Å². The first kappa shape index (κ1) is 25.8. The lowest BCUT2D eigenvalue weighted by molar-refractivity contribution is -0.141. The lowest BCUT2D eigenvalue weighted by atomic mass is 10.1. The van der Waals surface area contributed by atoms with Crippen molar-refractivity contribution in [1.82, 2.24) is 5.32 Å². The molecule has 0 fully saturated rings. The molecule has 2 aromatic carbocycles. The number of nitrogens with one attached hydrogen (secondary N) is 1. The number of thioether (sulfide) groups is 1. The Morgan fingerprint density at radius 2 is 1.80 bits per heavy atom. The molecule has 0 saturated carbocycles. The number of carbonyl (C=O) groups excluding carboxylic acids is 2. The maximum absolute atomic E-state index is 12.8. The zero-order valence-electron chi connectivity index (χ0n) is 19.6. The normalized spacial score (nSPS) is 14.1. The first-order chi connectivity index (χ1) is 16.8. The number of aliphatic carboxylic acids is 1. The van der Waals surface area contributed by atoms with Gasteiger partial charge in [0, 0.05) is 11.8 Å². The van der Waals surface area contributed by atoms with Gasteiger partial charge in [-0.25, -0.2) is 4.79 Å². The molecule has 1 amide bonds. The van der Waals surface area contributed by atoms with Gasteiger partial charge in [-0.1, -0.05) is 0 Å². The van der Waals surface area contributed by atoms with Crippen molar-refractivity contribution in [3.8, 4) is 28.7 Å². The van der Waals surface area contributed by atoms with Gasteiger partial charge in [-0.3, -0.25) is 9.59 Å². The summed E-state index contributed by atoms with van der Waals surface area (Å²) in [5, 5.41) is 11.5. The van der Waals surface area contributed by atoms with Crippen LogP contribution in [0.1, 0.15) is 15.9 Å². The third-order valence-electron chi connectivity index (χ3n) is 4.96. The fourth-order valence-corrected chi connectivity index (χ4v) is 3.88. The van der Waals surface area contributed by atoms with Crippen LogP contribution in [0.15, 0.2) is 36.1 Å². The zero-order chi connectivity index (χ0) is 25.5. The molecule has 0 bridgehead atoms. The fourth-order valence-electron chi connectivity index (χ4n) is 3.32. The van der Waals surface area contributed by atoms with Crippen LogP contribution >= 0.6 is 11.8 Å². The first-order valence-corrected chi connectivity index (χ1v) is 11.7. The number of allylic oxidation sites excluding steroid dienone is 1. The maximum Gasteiger partial charge on any atom is 0.327 e. The van der Waals surface area contributed by atoms with Gasteiger partial charge in [-0.15, -0.1) is 0 Å². The molecule has 1 aliphatic rings. The van der Waals surface area contributed by atoms with Gasteiger partial charge in [0.2, 0.25) is 11.5 Å². The molecule has 0 spiro atoms. The minimum absolute atomic E-state index is 0.0885. The van der Waals surface area contributed by atoms with Crippen LogP contribution in [0.25, 0.3) is 6.08 Å². The molecule has 2 aromatic rings. The van der Waals surface area contributed by atoms with E-state index in [0.29, 0.717) is 28.4 Å². The van der Waals surface area contributed by atoms with Crippen LogP contribution in [0.2, 0.25) is 0 Å². The number of carboxylic acids is 1. The van der Waals surface area contributed by atoms with Crippen LogP contribution in [0, 0.1) is 0 Å². The number of fused-ring (bicyclic) bond motifs is 1. The molecular weight excluding hydrogens is 478 g/mol. The number of ether oxygens (including phenoxy) is 5. The number of benzene rings is 2. The Morgan fingerprint density at radius 1 is 1.11 bits per heavy atom. The highest BCUT2D eigenvalue weighted by molar-refractivity contribution is 7.98. The molecule has 1 unspecified atom stereocenters. The monoisotopic (exact) mass is 503 g/mol. The first-order valence-electron chi connectivity index (χ1n) is 10.3. The van der Waals surface area contributed by atoms with Crippen molar-refractivity contribution in [2.75, 3.05) is 39.9 Å². The summed E-state index contributed by atoms with van der Waals surface area (Å²) in [4.78, 5) is 36.1. The second kappa shape index (κ2) is 11.5. The van der Waals surface area contributed by atoms with Crippen LogP contribution in [0.4, 0.5) is 0 Å². The van der Waals surface area contributed by atoms with Crippen molar-refractivity contribution < 1.29 is 43.2 Å². The van der Waals surface area contributed by atoms with Crippen LogP contribution in [0.5, 0.6) is 28.7 Å². The minimum atomic E-state index is -1.12. The third kappa shape index (κ3) is 5.99. The summed E-state index contributed by atoms with van der Waals surface area (Å²) in [7, 11) is 4.48. The molecule has 1 heterocycles. The van der Waals surface area contributed by atoms with Crippen molar-refractivity contribution in [1.29, 1.82) is 0 Å². The highest BCUT2D eigenvalue weighted by Gasteiger charge is 2.28. The highest BCUT2D eigenvalue weighted by atomic mass is 32.2. The summed E-state index contributed by atoms with van der Waals surface area (Å²) < 4.78 is 27.2. The molecule has 3 rings (SSSR count). The van der Waals surface area contributed by atoms with Gasteiger partial charge in [0.1, 0.15) is 17.5 Å². The summed E-state index contributed by atoms with van der Waals surface area (Å²) in [5.41, 5.74) is 0.938. The van der Waals surface area contributed by atoms with Crippen LogP contribution in [-0.2, 0) is 9.59 Å². The Bertz CT molecular complexity index is 1140. The number of Topliss-reactive ketones (excluding diaryl/α,β-unsaturated/α-hetero) is 1. The number of amides is 1. The van der Waals surface area contributed by atoms with Gasteiger partial charge < -0.3 is 34.1 Å². The van der Waals surface area contributed by atoms with Crippen LogP contribution in [-0.4, -0.2) is 68.8 Å². The average Bonchev–Trinajstić information content (AvgIpc) is 3.15. The van der Waals surface area contributed by atoms with Crippen LogP contribution in [0.3, 0.4) is 0 Å². The molecule has 2 N–H and O–H groups in total. The SMILES string of the molecule is COc1cc(C=C2Oc3cc(OCC(=O)NC(CSC)C(=O)O)ccc3C2=O)cc(OC)c1OC. The molecule has 0 aromatic heterocycles. The summed E-state index contributed by atoms with van der Waals surface area (Å²) in [6.07, 6.45) is 3.30. The Morgan fingerprint density at radius 3 is 2.37 bits per heavy atom. The summed E-state index contributed by atoms with van der Waals surface area (Å²) in [6, 6.07) is 6.92. The Hall–Kier alpha value is -3.86. The molecule has 1 atom stereocenters. The van der Waals surface area contributed by atoms with Gasteiger partial charge in [-0.2, -0.15) is 11.8 Å². The number of hydrogen-bond donors (Lipinski definition) is 2. The van der Waals surface area contributed by atoms with E-state index in [1.807, 2.05) is 0 Å². The van der Waals surface area contributed by atoms with Crippen LogP contribution < -0.4 is 29.0 Å². The second-order valence-electron chi connectivity index (χ2n) is 7.26. The van der Waals surface area contributed by atoms with E-state index in [2.05, 4.69) is 5.32 Å². The maximum atomic E-state index is 12.8. The predicted octanol–water partition coefficient (Wildman–Crippen LogP) is 2.64. The van der Waals surface area contributed by atoms with E-state index in [1.165, 1.54) is 51.3 Å². The topological polar surface area (TPSA) is 130 Å². The van der Waals surface area contributed by atoms with Crippen molar-refractivity contribution in [3.63, 3.8) is 0 Å². The number of ketones is 1. The molecule has 0 radical (unpaired) electrons. The molecular formula is C24H25NO9S. The molecule has 0 saturated heterocycles. The summed E-state index contributed by atoms with van der Waals surface area (Å²) in [6.45, 7) is -0.390. The minimum Gasteiger partial charge on any atom is -0.493 e. The van der Waals surface area contributed by atoms with E-state index < -0.39 is 17.9 Å². The fraction of sp³-hybridized carbons (Fsp3) is 0.292. The van der Waals surface area contributed by atoms with Crippen molar-refractivity contribution in [2.45, 2.75) is 6.04 Å². The number of rotatable bonds is 11. The predicted molar refractivity (Wildman–Crippen MR) is 129 cm³/mol. The van der Waals surface area contributed by atoms with Crippen molar-refractivity contribution in [2.24, 2.45) is 0 Å². The second-order valence-corrected chi connectivity index (χ2v) is 8.17. The molecule has 10 nitrogen and oxygen atoms in total. The summed E-state index contributed by atoms with van der Waals surface area (Å²) >= 11 is 1.30. The van der Waals surface area contributed by atoms with E-state index in [0.717, 1.165) is 0 Å². The lowest BCUT2D eigenvalue weighted by Gasteiger charge is -2.13.